The van der Waals surface area contributed by atoms with Crippen molar-refractivity contribution in [3.63, 3.8) is 0 Å². The maximum absolute atomic E-state index is 13.7. The second-order valence-corrected chi connectivity index (χ2v) is 13.5. The van der Waals surface area contributed by atoms with Crippen LogP contribution < -0.4 is 10.6 Å². The lowest BCUT2D eigenvalue weighted by Crippen LogP contribution is -2.59. The number of carbonyl (C=O) groups is 3. The Morgan fingerprint density at radius 2 is 1.50 bits per heavy atom. The van der Waals surface area contributed by atoms with Crippen LogP contribution >= 0.6 is 0 Å². The molecule has 3 aromatic rings. The molecule has 0 saturated carbocycles. The molecule has 2 amide bonds. The summed E-state index contributed by atoms with van der Waals surface area (Å²) in [7, 11) is 0. The molecule has 0 radical (unpaired) electrons. The minimum atomic E-state index is -1.55. The van der Waals surface area contributed by atoms with Crippen molar-refractivity contribution in [1.29, 1.82) is 0 Å². The Labute approximate surface area is 323 Å². The first-order valence-electron chi connectivity index (χ1n) is 18.4. The molecule has 2 fully saturated rings. The molecule has 3 aromatic carbocycles. The molecular formula is C41H46N2O13. The van der Waals surface area contributed by atoms with E-state index in [1.54, 1.807) is 42.5 Å². The highest BCUT2D eigenvalue weighted by Gasteiger charge is 2.55. The summed E-state index contributed by atoms with van der Waals surface area (Å²) in [6, 6.07) is 25.2. The zero-order valence-corrected chi connectivity index (χ0v) is 30.4. The topological polar surface area (TPSA) is 223 Å². The number of carbonyl (C=O) groups excluding carboxylic acids is 3. The first-order valence-corrected chi connectivity index (χ1v) is 18.4. The Morgan fingerprint density at radius 1 is 0.821 bits per heavy atom. The van der Waals surface area contributed by atoms with Crippen LogP contribution in [0.15, 0.2) is 103 Å². The third-order valence-corrected chi connectivity index (χ3v) is 9.67. The Hall–Kier alpha value is -4.81. The maximum atomic E-state index is 13.7. The van der Waals surface area contributed by atoms with Gasteiger partial charge >= 0.3 is 5.97 Å². The molecule has 6 rings (SSSR count). The summed E-state index contributed by atoms with van der Waals surface area (Å²) in [6.07, 6.45) is -4.43. The van der Waals surface area contributed by atoms with Gasteiger partial charge in [-0.2, -0.15) is 0 Å². The highest BCUT2D eigenvalue weighted by atomic mass is 16.8. The molecule has 2 aliphatic heterocycles. The lowest BCUT2D eigenvalue weighted by molar-refractivity contribution is -0.298. The third-order valence-electron chi connectivity index (χ3n) is 9.67. The average Bonchev–Trinajstić information content (AvgIpc) is 3.63. The normalized spacial score (nSPS) is 26.9. The number of ether oxygens (including phenoxy) is 5. The molecule has 0 aromatic heterocycles. The van der Waals surface area contributed by atoms with Gasteiger partial charge in [-0.05, 0) is 23.8 Å². The summed E-state index contributed by atoms with van der Waals surface area (Å²) >= 11 is 0. The monoisotopic (exact) mass is 774 g/mol. The molecule has 0 spiro atoms. The van der Waals surface area contributed by atoms with Gasteiger partial charge in [0, 0.05) is 42.6 Å². The van der Waals surface area contributed by atoms with Gasteiger partial charge in [-0.15, -0.1) is 0 Å². The van der Waals surface area contributed by atoms with Gasteiger partial charge in [-0.3, -0.25) is 9.59 Å². The first-order chi connectivity index (χ1) is 27.1. The number of rotatable bonds is 15. The van der Waals surface area contributed by atoms with Crippen LogP contribution in [0.4, 0.5) is 0 Å². The fraction of sp³-hybridized carbons (Fsp3) is 0.390. The molecular weight excluding hydrogens is 728 g/mol. The van der Waals surface area contributed by atoms with E-state index in [0.29, 0.717) is 22.3 Å². The van der Waals surface area contributed by atoms with Crippen molar-refractivity contribution in [1.82, 2.24) is 10.6 Å². The van der Waals surface area contributed by atoms with E-state index in [9.17, 15) is 34.8 Å². The number of amides is 2. The van der Waals surface area contributed by atoms with Crippen molar-refractivity contribution >= 4 is 23.9 Å². The standard InChI is InChI=1S/C41H46N2O13/c44-20-19-42-33(46)17-18-43-38(50)27-22-30(37-31(23-27)55-41(56-37,28-9-3-1-4-10-28)29-11-5-2-6-12-29)53-39(51)26-15-13-25(14-16-26)8-7-21-52-40-36(49)35(48)34(47)32(24-45)54-40/h1-16,23,30-32,34-37,40,44-45,47-49H,17-22,24H2,(H,42,46)(H,43,50)/t30-,31-,32-,34+,35+,36-,37+,40+/m1/s1. The molecule has 3 aliphatic rings. The molecule has 0 unspecified atom stereocenters. The Bertz CT molecular complexity index is 1800. The molecule has 2 saturated heterocycles. The van der Waals surface area contributed by atoms with Crippen LogP contribution in [0.5, 0.6) is 0 Å². The van der Waals surface area contributed by atoms with Gasteiger partial charge in [0.15, 0.2) is 6.29 Å². The van der Waals surface area contributed by atoms with Crippen LogP contribution in [0.2, 0.25) is 0 Å². The lowest BCUT2D eigenvalue weighted by Gasteiger charge is -2.39. The summed E-state index contributed by atoms with van der Waals surface area (Å²) in [6.45, 7) is -0.646. The van der Waals surface area contributed by atoms with Crippen molar-refractivity contribution in [2.24, 2.45) is 0 Å². The second-order valence-electron chi connectivity index (χ2n) is 13.5. The molecule has 2 heterocycles. The van der Waals surface area contributed by atoms with Crippen LogP contribution in [0.25, 0.3) is 6.08 Å². The van der Waals surface area contributed by atoms with Crippen molar-refractivity contribution in [3.05, 3.63) is 125 Å². The van der Waals surface area contributed by atoms with Gasteiger partial charge < -0.3 is 59.9 Å². The summed E-state index contributed by atoms with van der Waals surface area (Å²) in [5, 5.41) is 53.7. The van der Waals surface area contributed by atoms with E-state index in [1.165, 1.54) is 0 Å². The van der Waals surface area contributed by atoms with Gasteiger partial charge in [-0.1, -0.05) is 84.9 Å². The summed E-state index contributed by atoms with van der Waals surface area (Å²) in [5.74, 6) is -2.81. The molecule has 1 aliphatic carbocycles. The Kier molecular flexibility index (Phi) is 13.8. The number of fused-ring (bicyclic) bond motifs is 1. The zero-order valence-electron chi connectivity index (χ0n) is 30.4. The lowest BCUT2D eigenvalue weighted by atomic mass is 9.91. The van der Waals surface area contributed by atoms with E-state index in [0.717, 1.165) is 0 Å². The molecule has 15 heteroatoms. The van der Waals surface area contributed by atoms with Gasteiger partial charge in [0.2, 0.25) is 17.6 Å². The van der Waals surface area contributed by atoms with E-state index in [-0.39, 0.29) is 50.6 Å². The predicted octanol–water partition coefficient (Wildman–Crippen LogP) is 0.672. The largest absolute Gasteiger partial charge is 0.456 e. The Balaban J connectivity index is 1.15. The predicted molar refractivity (Wildman–Crippen MR) is 198 cm³/mol. The molecule has 56 heavy (non-hydrogen) atoms. The van der Waals surface area contributed by atoms with Gasteiger partial charge in [0.05, 0.1) is 25.4 Å². The first kappa shape index (κ1) is 40.8. The fourth-order valence-corrected chi connectivity index (χ4v) is 6.75. The highest BCUT2D eigenvalue weighted by Crippen LogP contribution is 2.47. The summed E-state index contributed by atoms with van der Waals surface area (Å²) in [5.41, 5.74) is 2.66. The van der Waals surface area contributed by atoms with Crippen molar-refractivity contribution in [2.75, 3.05) is 32.9 Å². The number of esters is 1. The van der Waals surface area contributed by atoms with Crippen molar-refractivity contribution in [3.8, 4) is 0 Å². The maximum Gasteiger partial charge on any atom is 0.338 e. The van der Waals surface area contributed by atoms with Gasteiger partial charge in [0.25, 0.3) is 0 Å². The van der Waals surface area contributed by atoms with Crippen LogP contribution in [0.3, 0.4) is 0 Å². The van der Waals surface area contributed by atoms with Gasteiger partial charge in [0.1, 0.15) is 42.7 Å². The molecule has 7 N–H and O–H groups in total. The Morgan fingerprint density at radius 3 is 2.14 bits per heavy atom. The fourth-order valence-electron chi connectivity index (χ4n) is 6.75. The van der Waals surface area contributed by atoms with E-state index in [2.05, 4.69) is 10.6 Å². The van der Waals surface area contributed by atoms with E-state index < -0.39 is 73.3 Å². The van der Waals surface area contributed by atoms with E-state index in [1.807, 2.05) is 60.7 Å². The molecule has 0 bridgehead atoms. The summed E-state index contributed by atoms with van der Waals surface area (Å²) < 4.78 is 30.4. The average molecular weight is 775 g/mol. The smallest absolute Gasteiger partial charge is 0.338 e. The zero-order chi connectivity index (χ0) is 39.7. The number of nitrogens with one attached hydrogen (secondary N) is 2. The molecule has 298 valence electrons. The molecule has 8 atom stereocenters. The van der Waals surface area contributed by atoms with Crippen molar-refractivity contribution < 1.29 is 63.6 Å². The van der Waals surface area contributed by atoms with Crippen LogP contribution in [-0.4, -0.2) is 125 Å². The number of benzene rings is 3. The SMILES string of the molecule is O=C(CCNC(=O)C1=C[C@H]2OC(c3ccccc3)(c3ccccc3)O[C@H]2[C@H](OC(=O)c2ccc(C=CCO[C@H]3O[C@H](CO)[C@H](O)[C@H](O)[C@H]3O)cc2)C1)NCCO. The van der Waals surface area contributed by atoms with E-state index >= 15 is 0 Å². The number of hydrogen-bond donors (Lipinski definition) is 7. The molecule has 15 nitrogen and oxygen atoms in total. The van der Waals surface area contributed by atoms with E-state index in [4.69, 9.17) is 28.8 Å². The number of hydrogen-bond acceptors (Lipinski definition) is 13. The number of aliphatic hydroxyl groups is 5. The third kappa shape index (κ3) is 9.41. The van der Waals surface area contributed by atoms with Gasteiger partial charge in [-0.25, -0.2) is 4.79 Å². The quantitative estimate of drug-likeness (QED) is 0.106. The highest BCUT2D eigenvalue weighted by molar-refractivity contribution is 5.94. The second kappa shape index (κ2) is 18.9. The summed E-state index contributed by atoms with van der Waals surface area (Å²) in [4.78, 5) is 39.1. The minimum Gasteiger partial charge on any atom is -0.456 e. The van der Waals surface area contributed by atoms with Crippen LogP contribution in [0.1, 0.15) is 39.9 Å². The number of aliphatic hydroxyl groups excluding tert-OH is 5. The van der Waals surface area contributed by atoms with Crippen molar-refractivity contribution in [2.45, 2.75) is 67.6 Å². The van der Waals surface area contributed by atoms with Crippen LogP contribution in [0, 0.1) is 0 Å². The van der Waals surface area contributed by atoms with Crippen LogP contribution in [-0.2, 0) is 39.1 Å². The minimum absolute atomic E-state index is 0.00465.